The van der Waals surface area contributed by atoms with E-state index >= 15 is 0 Å². The number of imidazole rings is 3. The first-order chi connectivity index (χ1) is 34.9. The van der Waals surface area contributed by atoms with Gasteiger partial charge in [-0.25, -0.2) is 54.0 Å². The molecule has 3 saturated heterocycles. The molecule has 3 aliphatic heterocycles. The van der Waals surface area contributed by atoms with E-state index in [9.17, 15) is 44.4 Å². The van der Waals surface area contributed by atoms with E-state index in [2.05, 4.69) is 50.2 Å². The van der Waals surface area contributed by atoms with Gasteiger partial charge in [-0.2, -0.15) is 0 Å². The maximum Gasteiger partial charge on any atom is 0.472 e. The summed E-state index contributed by atoms with van der Waals surface area (Å²) in [6.45, 7) is -1.21. The highest BCUT2D eigenvalue weighted by atomic mass is 31.2. The van der Waals surface area contributed by atoms with Crippen LogP contribution in [0.2, 0.25) is 0 Å². The van der Waals surface area contributed by atoms with Gasteiger partial charge in [0.05, 0.1) is 43.2 Å². The van der Waals surface area contributed by atoms with Crippen molar-refractivity contribution in [2.24, 2.45) is 0 Å². The molecule has 73 heavy (non-hydrogen) atoms. The number of benzene rings is 1. The molecular formula is C38H45N17O16P2. The van der Waals surface area contributed by atoms with Gasteiger partial charge in [0, 0.05) is 25.1 Å². The van der Waals surface area contributed by atoms with E-state index in [0.29, 0.717) is 13.0 Å². The fourth-order valence-corrected chi connectivity index (χ4v) is 10.5. The van der Waals surface area contributed by atoms with Gasteiger partial charge in [-0.3, -0.25) is 41.9 Å². The Bertz CT molecular complexity index is 3240. The molecule has 6 aromatic heterocycles. The van der Waals surface area contributed by atoms with Crippen LogP contribution in [0.15, 0.2) is 62.2 Å². The van der Waals surface area contributed by atoms with E-state index in [1.807, 2.05) is 0 Å². The number of nitrogens with one attached hydrogen (secondary N) is 1. The summed E-state index contributed by atoms with van der Waals surface area (Å²) in [5.41, 5.74) is 19.6. The van der Waals surface area contributed by atoms with Crippen LogP contribution in [0.4, 0.5) is 23.1 Å². The van der Waals surface area contributed by atoms with Gasteiger partial charge in [-0.15, -0.1) is 0 Å². The Morgan fingerprint density at radius 2 is 1.14 bits per heavy atom. The molecule has 0 amide bonds. The number of aliphatic hydroxyl groups excluding tert-OH is 3. The van der Waals surface area contributed by atoms with Crippen molar-refractivity contribution in [1.82, 2.24) is 63.9 Å². The smallest absolute Gasteiger partial charge is 0.388 e. The van der Waals surface area contributed by atoms with Crippen LogP contribution in [0.1, 0.15) is 30.7 Å². The quantitative estimate of drug-likeness (QED) is 0.0206. The molecule has 33 nitrogen and oxygen atoms in total. The van der Waals surface area contributed by atoms with E-state index < -0.39 is 101 Å². The van der Waals surface area contributed by atoms with Gasteiger partial charge in [0.2, 0.25) is 0 Å². The fourth-order valence-electron chi connectivity index (χ4n) is 8.65. The van der Waals surface area contributed by atoms with Crippen LogP contribution in [0.5, 0.6) is 0 Å². The van der Waals surface area contributed by atoms with Gasteiger partial charge in [0.1, 0.15) is 78.3 Å². The maximum atomic E-state index is 13.9. The van der Waals surface area contributed by atoms with Gasteiger partial charge < -0.3 is 61.8 Å². The third-order valence-corrected chi connectivity index (χ3v) is 14.2. The largest absolute Gasteiger partial charge is 0.472 e. The van der Waals surface area contributed by atoms with E-state index in [1.54, 1.807) is 12.1 Å². The standard InChI is InChI=1S/C38H45N17O16P2/c39-30-23-33(46-11-43-30)52(14-49-23)36-20(56)7-19(67-36)9-65-72(61,62)71-29-27(58)22(69-38(29)54-16-51-25-32(41)45-13-48-35(25)54)10-66-73(63,64)70-28-26(57)21(8-42-6-5-17-1-3-18(4-2-17)55(59)60)68-37(28)53-15-50-24-31(40)44-12-47-34(24)53/h1-4,11-16,19-22,26-29,36-38,42,56-58H,5-10H2,(H,61,62)(H,63,64)(H2,39,43,46)(H2,40,44,47)(H2,41,45,48)/t19-,20+,21+,22+,26+,27+,28+,29+,36+,37+,38+/m0/s1. The number of anilines is 3. The van der Waals surface area contributed by atoms with Crippen LogP contribution in [0.25, 0.3) is 33.5 Å². The second kappa shape index (κ2) is 20.1. The number of nitrogens with zero attached hydrogens (tertiary/aromatic N) is 13. The van der Waals surface area contributed by atoms with Gasteiger partial charge in [-0.1, -0.05) is 12.1 Å². The zero-order valence-corrected chi connectivity index (χ0v) is 39.3. The van der Waals surface area contributed by atoms with E-state index in [-0.39, 0.29) is 69.6 Å². The van der Waals surface area contributed by atoms with Gasteiger partial charge >= 0.3 is 15.6 Å². The lowest BCUT2D eigenvalue weighted by Gasteiger charge is -2.25. The zero-order chi connectivity index (χ0) is 51.3. The number of phosphoric ester groups is 2. The molecule has 0 radical (unpaired) electrons. The lowest BCUT2D eigenvalue weighted by molar-refractivity contribution is -0.384. The number of hydrogen-bond donors (Lipinski definition) is 9. The first-order valence-corrected chi connectivity index (χ1v) is 25.0. The highest BCUT2D eigenvalue weighted by Crippen LogP contribution is 2.53. The van der Waals surface area contributed by atoms with Crippen molar-refractivity contribution in [3.63, 3.8) is 0 Å². The first-order valence-electron chi connectivity index (χ1n) is 22.0. The van der Waals surface area contributed by atoms with Crippen molar-refractivity contribution >= 4 is 72.3 Å². The lowest BCUT2D eigenvalue weighted by Crippen LogP contribution is -2.39. The number of phosphoric acid groups is 2. The number of aromatic nitrogens is 12. The molecule has 7 aromatic rings. The monoisotopic (exact) mass is 1060 g/mol. The number of aliphatic hydroxyl groups is 3. The minimum atomic E-state index is -5.30. The highest BCUT2D eigenvalue weighted by molar-refractivity contribution is 7.47. The van der Waals surface area contributed by atoms with Gasteiger partial charge in [-0.05, 0) is 18.5 Å². The molecule has 13 atom stereocenters. The molecule has 9 heterocycles. The first kappa shape index (κ1) is 50.2. The number of rotatable bonds is 19. The average molecular weight is 1060 g/mol. The van der Waals surface area contributed by atoms with Gasteiger partial charge in [0.15, 0.2) is 53.1 Å². The molecule has 2 unspecified atom stereocenters. The van der Waals surface area contributed by atoms with Crippen LogP contribution in [-0.4, -0.2) is 164 Å². The average Bonchev–Trinajstić information content (AvgIpc) is 4.23. The third-order valence-electron chi connectivity index (χ3n) is 12.2. The van der Waals surface area contributed by atoms with Crippen LogP contribution < -0.4 is 22.5 Å². The van der Waals surface area contributed by atoms with Crippen molar-refractivity contribution in [2.75, 3.05) is 43.5 Å². The number of nitro groups is 1. The van der Waals surface area contributed by atoms with Crippen molar-refractivity contribution < 1.29 is 71.5 Å². The van der Waals surface area contributed by atoms with Crippen molar-refractivity contribution in [3.8, 4) is 0 Å². The zero-order valence-electron chi connectivity index (χ0n) is 37.5. The highest BCUT2D eigenvalue weighted by Gasteiger charge is 2.53. The molecule has 3 aliphatic rings. The molecule has 0 spiro atoms. The molecule has 35 heteroatoms. The minimum Gasteiger partial charge on any atom is -0.388 e. The second-order valence-corrected chi connectivity index (χ2v) is 19.7. The van der Waals surface area contributed by atoms with E-state index in [4.69, 9.17) is 49.5 Å². The van der Waals surface area contributed by atoms with Gasteiger partial charge in [0.25, 0.3) is 5.69 Å². The number of hydrogen-bond acceptors (Lipinski definition) is 27. The number of non-ortho nitro benzene ring substituents is 1. The third kappa shape index (κ3) is 10.2. The van der Waals surface area contributed by atoms with Crippen LogP contribution >= 0.6 is 15.6 Å². The number of fused-ring (bicyclic) bond motifs is 3. The summed E-state index contributed by atoms with van der Waals surface area (Å²) in [6.07, 6.45) is -8.13. The van der Waals surface area contributed by atoms with Crippen LogP contribution in [0, 0.1) is 10.1 Å². The number of ether oxygens (including phenoxy) is 3. The second-order valence-electron chi connectivity index (χ2n) is 16.9. The summed E-state index contributed by atoms with van der Waals surface area (Å²) in [6, 6.07) is 5.98. The maximum absolute atomic E-state index is 13.9. The normalized spacial score (nSPS) is 28.0. The lowest BCUT2D eigenvalue weighted by atomic mass is 10.1. The molecule has 0 saturated carbocycles. The number of nitro benzene ring substituents is 1. The molecule has 388 valence electrons. The Balaban J connectivity index is 0.827. The predicted octanol–water partition coefficient (Wildman–Crippen LogP) is -0.837. The summed E-state index contributed by atoms with van der Waals surface area (Å²) in [7, 11) is -10.5. The molecule has 0 bridgehead atoms. The Morgan fingerprint density at radius 1 is 0.671 bits per heavy atom. The molecular weight excluding hydrogens is 1010 g/mol. The van der Waals surface area contributed by atoms with E-state index in [1.165, 1.54) is 51.1 Å². The Hall–Kier alpha value is -6.39. The van der Waals surface area contributed by atoms with Crippen molar-refractivity contribution in [3.05, 3.63) is 77.9 Å². The fraction of sp³-hybridized carbons (Fsp3) is 0.447. The molecule has 10 rings (SSSR count). The Morgan fingerprint density at radius 3 is 1.64 bits per heavy atom. The molecule has 3 fully saturated rings. The Labute approximate surface area is 408 Å². The Kier molecular flexibility index (Phi) is 13.8. The SMILES string of the molecule is Nc1ncnc2c1ncn2[C@@H]1O[C@H](CNCCc2ccc([N+](=O)[O-])cc2)[C@@H](O)[C@H]1OP(=O)(O)OC[C@H]1O[C@@H](n2cnc3c(N)ncnc32)[C@H](OP(=O)(O)OC[C@@H]2C[C@@H](O)[C@H](n3cnc4c(N)ncnc43)O2)[C@@H]1O. The summed E-state index contributed by atoms with van der Waals surface area (Å²) in [5.74, 6) is 0.0740. The minimum absolute atomic E-state index is 0.0129. The summed E-state index contributed by atoms with van der Waals surface area (Å²) < 4.78 is 71.6. The summed E-state index contributed by atoms with van der Waals surface area (Å²) >= 11 is 0. The predicted molar refractivity (Wildman–Crippen MR) is 245 cm³/mol. The topological polar surface area (TPSA) is 464 Å². The van der Waals surface area contributed by atoms with Crippen molar-refractivity contribution in [2.45, 2.75) is 80.4 Å². The van der Waals surface area contributed by atoms with Crippen molar-refractivity contribution in [1.29, 1.82) is 0 Å². The van der Waals surface area contributed by atoms with Crippen LogP contribution in [-0.2, 0) is 47.9 Å². The molecule has 0 aliphatic carbocycles. The summed E-state index contributed by atoms with van der Waals surface area (Å²) in [4.78, 5) is 69.8. The number of nitrogens with two attached hydrogens (primary N) is 3. The summed E-state index contributed by atoms with van der Waals surface area (Å²) in [5, 5.41) is 48.4. The number of nitrogen functional groups attached to an aromatic ring is 3. The van der Waals surface area contributed by atoms with E-state index in [0.717, 1.165) is 18.2 Å². The molecule has 12 N–H and O–H groups in total. The van der Waals surface area contributed by atoms with Crippen LogP contribution in [0.3, 0.4) is 0 Å². The molecule has 1 aromatic carbocycles.